The van der Waals surface area contributed by atoms with Gasteiger partial charge in [-0.2, -0.15) is 0 Å². The summed E-state index contributed by atoms with van der Waals surface area (Å²) in [4.78, 5) is 0. The van der Waals surface area contributed by atoms with Crippen LogP contribution in [0.1, 0.15) is 27.7 Å². The molecule has 0 atom stereocenters. The second kappa shape index (κ2) is 5.65. The van der Waals surface area contributed by atoms with E-state index in [-0.39, 0.29) is 5.31 Å². The minimum absolute atomic E-state index is 0.225. The lowest BCUT2D eigenvalue weighted by molar-refractivity contribution is 0.472. The monoisotopic (exact) mass is 250 g/mol. The highest BCUT2D eigenvalue weighted by Crippen LogP contribution is 2.36. The molecule has 0 heterocycles. The van der Waals surface area contributed by atoms with Gasteiger partial charge in [0, 0.05) is 0 Å². The number of hydrogen-bond donors (Lipinski definition) is 0. The molecule has 0 fully saturated rings. The van der Waals surface area contributed by atoms with Crippen molar-refractivity contribution in [3.63, 3.8) is 0 Å². The molecular weight excluding hydrogens is 227 g/mol. The number of rotatable bonds is 4. The van der Waals surface area contributed by atoms with Gasteiger partial charge in [-0.3, -0.25) is 0 Å². The van der Waals surface area contributed by atoms with Gasteiger partial charge in [0.15, 0.2) is 0 Å². The summed E-state index contributed by atoms with van der Waals surface area (Å²) in [7, 11) is 0. The van der Waals surface area contributed by atoms with Crippen LogP contribution in [0.15, 0.2) is 60.7 Å². The molecule has 0 saturated carbocycles. The maximum atomic E-state index is 2.38. The smallest absolute Gasteiger partial charge is 0.0736 e. The third-order valence-corrected chi connectivity index (χ3v) is 4.50. The molecule has 0 radical (unpaired) electrons. The molecule has 19 heavy (non-hydrogen) atoms. The van der Waals surface area contributed by atoms with Crippen molar-refractivity contribution in [1.82, 2.24) is 0 Å². The first-order valence-electron chi connectivity index (χ1n) is 7.13. The molecule has 0 nitrogen and oxygen atoms in total. The molecular formula is C18H23B. The lowest BCUT2D eigenvalue weighted by atomic mass is 9.26. The van der Waals surface area contributed by atoms with Gasteiger partial charge in [0.2, 0.25) is 6.71 Å². The SMILES string of the molecule is CC(C)C(C)(C)B(c1ccccc1)c1ccccc1. The predicted molar refractivity (Wildman–Crippen MR) is 86.8 cm³/mol. The van der Waals surface area contributed by atoms with Crippen molar-refractivity contribution >= 4 is 17.6 Å². The lowest BCUT2D eigenvalue weighted by Crippen LogP contribution is -2.51. The topological polar surface area (TPSA) is 0 Å². The normalized spacial score (nSPS) is 11.6. The van der Waals surface area contributed by atoms with Crippen LogP contribution < -0.4 is 10.9 Å². The molecule has 2 aromatic carbocycles. The Morgan fingerprint density at radius 1 is 0.737 bits per heavy atom. The summed E-state index contributed by atoms with van der Waals surface area (Å²) in [5.41, 5.74) is 2.82. The van der Waals surface area contributed by atoms with Crippen LogP contribution in [0.4, 0.5) is 0 Å². The quantitative estimate of drug-likeness (QED) is 0.725. The molecule has 2 aromatic rings. The molecule has 0 saturated heterocycles. The van der Waals surface area contributed by atoms with Crippen LogP contribution in [-0.4, -0.2) is 6.71 Å². The van der Waals surface area contributed by atoms with E-state index < -0.39 is 0 Å². The second-order valence-electron chi connectivity index (χ2n) is 6.23. The Morgan fingerprint density at radius 3 is 1.42 bits per heavy atom. The number of hydrogen-bond acceptors (Lipinski definition) is 0. The third-order valence-electron chi connectivity index (χ3n) is 4.50. The van der Waals surface area contributed by atoms with Crippen molar-refractivity contribution < 1.29 is 0 Å². The van der Waals surface area contributed by atoms with Crippen molar-refractivity contribution in [2.24, 2.45) is 5.92 Å². The van der Waals surface area contributed by atoms with Gasteiger partial charge >= 0.3 is 0 Å². The predicted octanol–water partition coefficient (Wildman–Crippen LogP) is 3.73. The summed E-state index contributed by atoms with van der Waals surface area (Å²) in [5, 5.41) is 0.225. The summed E-state index contributed by atoms with van der Waals surface area (Å²) < 4.78 is 0. The zero-order valence-electron chi connectivity index (χ0n) is 12.4. The van der Waals surface area contributed by atoms with Gasteiger partial charge in [-0.1, -0.05) is 99.3 Å². The van der Waals surface area contributed by atoms with Gasteiger partial charge < -0.3 is 0 Å². The van der Waals surface area contributed by atoms with Crippen molar-refractivity contribution in [2.75, 3.05) is 0 Å². The first-order valence-corrected chi connectivity index (χ1v) is 7.13. The van der Waals surface area contributed by atoms with E-state index in [1.807, 2.05) is 0 Å². The summed E-state index contributed by atoms with van der Waals surface area (Å²) in [6.45, 7) is 9.83. The van der Waals surface area contributed by atoms with Gasteiger partial charge in [0.05, 0.1) is 0 Å². The van der Waals surface area contributed by atoms with Crippen molar-refractivity contribution in [2.45, 2.75) is 33.0 Å². The average molecular weight is 250 g/mol. The zero-order valence-corrected chi connectivity index (χ0v) is 12.4. The number of benzene rings is 2. The highest BCUT2D eigenvalue weighted by atomic mass is 14.2. The Balaban J connectivity index is 2.52. The van der Waals surface area contributed by atoms with Crippen LogP contribution in [0, 0.1) is 5.92 Å². The first-order chi connectivity index (χ1) is 9.03. The Bertz CT molecular complexity index is 460. The Kier molecular flexibility index (Phi) is 4.14. The molecule has 0 aliphatic heterocycles. The third kappa shape index (κ3) is 2.92. The van der Waals surface area contributed by atoms with Crippen LogP contribution in [0.3, 0.4) is 0 Å². The van der Waals surface area contributed by atoms with E-state index >= 15 is 0 Å². The Labute approximate surface area is 118 Å². The molecule has 1 heteroatoms. The van der Waals surface area contributed by atoms with Crippen LogP contribution in [-0.2, 0) is 0 Å². The standard InChI is InChI=1S/C18H23B/c1-15(2)18(3,4)19(16-11-7-5-8-12-16)17-13-9-6-10-14-17/h5-15H,1-4H3. The molecule has 2 rings (SSSR count). The van der Waals surface area contributed by atoms with Crippen LogP contribution in [0.2, 0.25) is 5.31 Å². The maximum absolute atomic E-state index is 2.38. The van der Waals surface area contributed by atoms with E-state index in [9.17, 15) is 0 Å². The van der Waals surface area contributed by atoms with Crippen molar-refractivity contribution in [3.8, 4) is 0 Å². The van der Waals surface area contributed by atoms with Gasteiger partial charge in [-0.15, -0.1) is 0 Å². The average Bonchev–Trinajstić information content (AvgIpc) is 2.41. The molecule has 0 amide bonds. The maximum Gasteiger partial charge on any atom is 0.215 e. The molecule has 98 valence electrons. The molecule has 0 aliphatic carbocycles. The van der Waals surface area contributed by atoms with E-state index in [0.717, 1.165) is 0 Å². The molecule has 0 spiro atoms. The Hall–Kier alpha value is -1.50. The molecule has 0 aromatic heterocycles. The van der Waals surface area contributed by atoms with Crippen molar-refractivity contribution in [1.29, 1.82) is 0 Å². The van der Waals surface area contributed by atoms with Gasteiger partial charge in [-0.25, -0.2) is 0 Å². The first kappa shape index (κ1) is 13.9. The Morgan fingerprint density at radius 2 is 1.11 bits per heavy atom. The fraction of sp³-hybridized carbons (Fsp3) is 0.333. The largest absolute Gasteiger partial charge is 0.215 e. The van der Waals surface area contributed by atoms with E-state index in [1.54, 1.807) is 0 Å². The minimum Gasteiger partial charge on any atom is -0.0736 e. The summed E-state index contributed by atoms with van der Waals surface area (Å²) >= 11 is 0. The van der Waals surface area contributed by atoms with Gasteiger partial charge in [0.1, 0.15) is 0 Å². The van der Waals surface area contributed by atoms with E-state index in [0.29, 0.717) is 12.6 Å². The highest BCUT2D eigenvalue weighted by Gasteiger charge is 2.37. The summed E-state index contributed by atoms with van der Waals surface area (Å²) in [5.74, 6) is 0.623. The van der Waals surface area contributed by atoms with Crippen LogP contribution >= 0.6 is 0 Å². The van der Waals surface area contributed by atoms with E-state index in [1.165, 1.54) is 10.9 Å². The van der Waals surface area contributed by atoms with E-state index in [2.05, 4.69) is 88.4 Å². The van der Waals surface area contributed by atoms with Gasteiger partial charge in [0.25, 0.3) is 0 Å². The minimum atomic E-state index is 0.225. The molecule has 0 bridgehead atoms. The molecule has 0 aliphatic rings. The molecule has 0 unspecified atom stereocenters. The summed E-state index contributed by atoms with van der Waals surface area (Å²) in [6.07, 6.45) is 0. The van der Waals surface area contributed by atoms with Crippen LogP contribution in [0.5, 0.6) is 0 Å². The zero-order chi connectivity index (χ0) is 13.9. The van der Waals surface area contributed by atoms with Gasteiger partial charge in [-0.05, 0) is 11.2 Å². The second-order valence-corrected chi connectivity index (χ2v) is 6.23. The molecule has 0 N–H and O–H groups in total. The fourth-order valence-electron chi connectivity index (χ4n) is 2.68. The van der Waals surface area contributed by atoms with Crippen LogP contribution in [0.25, 0.3) is 0 Å². The summed E-state index contributed by atoms with van der Waals surface area (Å²) in [6, 6.07) is 21.8. The van der Waals surface area contributed by atoms with Crippen molar-refractivity contribution in [3.05, 3.63) is 60.7 Å². The highest BCUT2D eigenvalue weighted by molar-refractivity contribution is 6.87. The lowest BCUT2D eigenvalue weighted by Gasteiger charge is -2.36. The van der Waals surface area contributed by atoms with E-state index in [4.69, 9.17) is 0 Å². The fourth-order valence-corrected chi connectivity index (χ4v) is 2.68.